The Kier molecular flexibility index (Phi) is 10.1. The zero-order valence-electron chi connectivity index (χ0n) is 25.2. The molecule has 41 heavy (non-hydrogen) atoms. The zero-order valence-corrected chi connectivity index (χ0v) is 28.4. The van der Waals surface area contributed by atoms with Crippen LogP contribution in [0.2, 0.25) is 0 Å². The van der Waals surface area contributed by atoms with Gasteiger partial charge in [0.1, 0.15) is 6.33 Å². The fourth-order valence-electron chi connectivity index (χ4n) is 5.26. The summed E-state index contributed by atoms with van der Waals surface area (Å²) in [4.78, 5) is 20.8. The van der Waals surface area contributed by atoms with Gasteiger partial charge in [0.25, 0.3) is 0 Å². The smallest absolute Gasteiger partial charge is 0.155 e. The van der Waals surface area contributed by atoms with E-state index in [1.54, 1.807) is 17.7 Å². The number of ketones is 1. The molecule has 4 nitrogen and oxygen atoms in total. The molecular formula is C35H37IrN2O2S-. The molecule has 0 amide bonds. The van der Waals surface area contributed by atoms with Gasteiger partial charge in [0.15, 0.2) is 5.78 Å². The third-order valence-electron chi connectivity index (χ3n) is 6.86. The van der Waals surface area contributed by atoms with Crippen LogP contribution in [-0.4, -0.2) is 20.9 Å². The van der Waals surface area contributed by atoms with E-state index in [1.807, 2.05) is 0 Å². The number of thiophene rings is 1. The van der Waals surface area contributed by atoms with Crippen LogP contribution in [0.3, 0.4) is 0 Å². The number of benzene rings is 3. The van der Waals surface area contributed by atoms with Crippen LogP contribution < -0.4 is 0 Å². The number of allylic oxidation sites excluding steroid dienone is 2. The first-order valence-electron chi connectivity index (χ1n) is 13.4. The molecule has 0 saturated heterocycles. The van der Waals surface area contributed by atoms with Crippen LogP contribution >= 0.6 is 11.3 Å². The van der Waals surface area contributed by atoms with Crippen molar-refractivity contribution in [2.75, 3.05) is 0 Å². The summed E-state index contributed by atoms with van der Waals surface area (Å²) in [6, 6.07) is 19.0. The fraction of sp³-hybridized carbons (Fsp3) is 0.286. The summed E-state index contributed by atoms with van der Waals surface area (Å²) >= 11 is 1.81. The van der Waals surface area contributed by atoms with Gasteiger partial charge < -0.3 is 5.11 Å². The topological polar surface area (TPSA) is 63.1 Å². The molecule has 5 aromatic rings. The summed E-state index contributed by atoms with van der Waals surface area (Å²) in [5.41, 5.74) is 10.9. The number of aromatic nitrogens is 2. The van der Waals surface area contributed by atoms with Gasteiger partial charge in [-0.15, -0.1) is 40.5 Å². The van der Waals surface area contributed by atoms with E-state index in [9.17, 15) is 4.79 Å². The number of rotatable bonds is 3. The van der Waals surface area contributed by atoms with Crippen LogP contribution in [-0.2, 0) is 30.3 Å². The van der Waals surface area contributed by atoms with Crippen molar-refractivity contribution in [3.8, 4) is 21.7 Å². The molecule has 0 bridgehead atoms. The molecule has 0 saturated carbocycles. The van der Waals surface area contributed by atoms with Crippen molar-refractivity contribution in [2.24, 2.45) is 0 Å². The molecular weight excluding hydrogens is 705 g/mol. The van der Waals surface area contributed by atoms with Crippen LogP contribution in [0.5, 0.6) is 0 Å². The first-order valence-corrected chi connectivity index (χ1v) is 14.3. The van der Waals surface area contributed by atoms with Crippen molar-refractivity contribution < 1.29 is 30.0 Å². The molecule has 1 N–H and O–H groups in total. The quantitative estimate of drug-likeness (QED) is 0.114. The van der Waals surface area contributed by atoms with Gasteiger partial charge in [-0.05, 0) is 69.2 Å². The standard InChI is InChI=1S/C30H29N2S.C5H8O2.Ir/c1-17-12-18(2)25(19(3)13-17)28-20(4)26-29(33-28)27(32-16-31-26)22-14-21-10-8-9-11-23(21)24(15-22)30(5,6)7;1-4(6)3-5(2)7;/h8-13,15-16H,1-7H3;3,6H,1-2H3;/q-1;;/b;4-3-;. The van der Waals surface area contributed by atoms with Crippen molar-refractivity contribution >= 4 is 38.1 Å². The number of carbonyl (C=O) groups is 1. The average Bonchev–Trinajstić information content (AvgIpc) is 3.18. The van der Waals surface area contributed by atoms with E-state index < -0.39 is 0 Å². The molecule has 0 atom stereocenters. The van der Waals surface area contributed by atoms with Gasteiger partial charge in [0, 0.05) is 41.5 Å². The Balaban J connectivity index is 0.000000516. The van der Waals surface area contributed by atoms with Gasteiger partial charge in [-0.2, -0.15) is 0 Å². The molecule has 0 aliphatic rings. The predicted molar refractivity (Wildman–Crippen MR) is 169 cm³/mol. The third-order valence-corrected chi connectivity index (χ3v) is 8.16. The van der Waals surface area contributed by atoms with E-state index in [1.165, 1.54) is 63.6 Å². The monoisotopic (exact) mass is 742 g/mol. The number of fused-ring (bicyclic) bond motifs is 2. The molecule has 0 aliphatic heterocycles. The molecule has 0 aliphatic carbocycles. The maximum atomic E-state index is 10.0. The van der Waals surface area contributed by atoms with Gasteiger partial charge >= 0.3 is 0 Å². The van der Waals surface area contributed by atoms with E-state index >= 15 is 0 Å². The molecule has 2 heterocycles. The van der Waals surface area contributed by atoms with Crippen LogP contribution in [0, 0.1) is 33.8 Å². The second-order valence-electron chi connectivity index (χ2n) is 11.5. The van der Waals surface area contributed by atoms with Gasteiger partial charge in [-0.1, -0.05) is 67.6 Å². The van der Waals surface area contributed by atoms with Gasteiger partial charge in [0.2, 0.25) is 0 Å². The summed E-state index contributed by atoms with van der Waals surface area (Å²) < 4.78 is 1.13. The van der Waals surface area contributed by atoms with E-state index in [0.717, 1.165) is 26.9 Å². The van der Waals surface area contributed by atoms with Crippen molar-refractivity contribution in [3.05, 3.63) is 94.5 Å². The van der Waals surface area contributed by atoms with Crippen LogP contribution in [0.1, 0.15) is 62.4 Å². The first-order chi connectivity index (χ1) is 18.8. The minimum atomic E-state index is -0.125. The first kappa shape index (κ1) is 32.3. The van der Waals surface area contributed by atoms with E-state index in [4.69, 9.17) is 15.1 Å². The predicted octanol–water partition coefficient (Wildman–Crippen LogP) is 9.54. The maximum Gasteiger partial charge on any atom is 0.155 e. The number of hydrogen-bond acceptors (Lipinski definition) is 5. The second kappa shape index (κ2) is 12.8. The minimum absolute atomic E-state index is 0. The summed E-state index contributed by atoms with van der Waals surface area (Å²) in [6.07, 6.45) is 2.87. The summed E-state index contributed by atoms with van der Waals surface area (Å²) in [6.45, 7) is 18.4. The molecule has 6 heteroatoms. The summed E-state index contributed by atoms with van der Waals surface area (Å²) in [7, 11) is 0. The largest absolute Gasteiger partial charge is 0.512 e. The number of aliphatic hydroxyl groups excluding tert-OH is 1. The minimum Gasteiger partial charge on any atom is -0.512 e. The SMILES string of the molecule is CC(=O)/C=C(/C)O.Cc1cc(C)c(-c2sc3c(-c4[c-]c5ccccc5c(C(C)(C)C)c4)ncnc3c2C)c(C)c1.[Ir]. The molecule has 5 rings (SSSR count). The Hall–Kier alpha value is -3.18. The molecule has 0 unspecified atom stereocenters. The van der Waals surface area contributed by atoms with Crippen molar-refractivity contribution in [1.82, 2.24) is 9.97 Å². The molecule has 0 spiro atoms. The third kappa shape index (κ3) is 7.01. The second-order valence-corrected chi connectivity index (χ2v) is 12.5. The van der Waals surface area contributed by atoms with Crippen LogP contribution in [0.4, 0.5) is 0 Å². The van der Waals surface area contributed by atoms with E-state index in [2.05, 4.69) is 97.0 Å². The van der Waals surface area contributed by atoms with Crippen LogP contribution in [0.25, 0.3) is 42.7 Å². The maximum absolute atomic E-state index is 10.0. The molecule has 2 aromatic heterocycles. The molecule has 215 valence electrons. The number of aryl methyl sites for hydroxylation is 4. The molecule has 3 aromatic carbocycles. The molecule has 0 fully saturated rings. The normalized spacial score (nSPS) is 11.7. The summed E-state index contributed by atoms with van der Waals surface area (Å²) in [5, 5.41) is 10.8. The van der Waals surface area contributed by atoms with E-state index in [0.29, 0.717) is 0 Å². The Morgan fingerprint density at radius 2 is 1.61 bits per heavy atom. The van der Waals surface area contributed by atoms with Gasteiger partial charge in [-0.3, -0.25) is 9.78 Å². The number of aliphatic hydroxyl groups is 1. The zero-order chi connectivity index (χ0) is 29.4. The molecule has 1 radical (unpaired) electrons. The Morgan fingerprint density at radius 1 is 0.976 bits per heavy atom. The van der Waals surface area contributed by atoms with Crippen molar-refractivity contribution in [1.29, 1.82) is 0 Å². The van der Waals surface area contributed by atoms with Crippen LogP contribution in [0.15, 0.2) is 60.6 Å². The average molecular weight is 742 g/mol. The number of hydrogen-bond donors (Lipinski definition) is 1. The Labute approximate surface area is 260 Å². The van der Waals surface area contributed by atoms with Gasteiger partial charge in [-0.25, -0.2) is 4.98 Å². The fourth-order valence-corrected chi connectivity index (χ4v) is 6.70. The summed E-state index contributed by atoms with van der Waals surface area (Å²) in [5.74, 6) is -0.0625. The number of nitrogens with zero attached hydrogens (tertiary/aromatic N) is 2. The van der Waals surface area contributed by atoms with Crippen molar-refractivity contribution in [3.63, 3.8) is 0 Å². The van der Waals surface area contributed by atoms with Crippen molar-refractivity contribution in [2.45, 2.75) is 67.7 Å². The Bertz CT molecular complexity index is 1750. The Morgan fingerprint density at radius 3 is 2.17 bits per heavy atom. The van der Waals surface area contributed by atoms with Gasteiger partial charge in [0.05, 0.1) is 11.3 Å². The van der Waals surface area contributed by atoms with E-state index in [-0.39, 0.29) is 37.1 Å². The number of carbonyl (C=O) groups excluding carboxylic acids is 1.